The van der Waals surface area contributed by atoms with Crippen LogP contribution in [0.4, 0.5) is 0 Å². The zero-order chi connectivity index (χ0) is 11.8. The minimum atomic E-state index is 0.670. The molecular formula is C12H15Cl2NS. The summed E-state index contributed by atoms with van der Waals surface area (Å²) in [7, 11) is 0. The van der Waals surface area contributed by atoms with Gasteiger partial charge in [0.25, 0.3) is 0 Å². The average molecular weight is 276 g/mol. The van der Waals surface area contributed by atoms with Crippen molar-refractivity contribution >= 4 is 35.0 Å². The number of halogens is 2. The standard InChI is InChI=1S/C12H15Cl2NS/c1-2-15-8-10-4-3-5-12(6-10)16-9-11(14)7-13/h3-7,15H,2,8-9H2,1H3. The first-order chi connectivity index (χ1) is 7.76. The Morgan fingerprint density at radius 1 is 1.50 bits per heavy atom. The lowest BCUT2D eigenvalue weighted by atomic mass is 10.2. The van der Waals surface area contributed by atoms with E-state index in [2.05, 4.69) is 36.5 Å². The molecule has 4 heteroatoms. The molecule has 1 aromatic carbocycles. The lowest BCUT2D eigenvalue weighted by Gasteiger charge is -2.05. The molecule has 1 nitrogen and oxygen atoms in total. The molecule has 16 heavy (non-hydrogen) atoms. The fourth-order valence-corrected chi connectivity index (χ4v) is 2.33. The van der Waals surface area contributed by atoms with E-state index in [1.807, 2.05) is 0 Å². The second-order valence-corrected chi connectivity index (χ2v) is 5.02. The van der Waals surface area contributed by atoms with Crippen LogP contribution < -0.4 is 5.32 Å². The molecule has 1 N–H and O–H groups in total. The van der Waals surface area contributed by atoms with Crippen LogP contribution in [0, 0.1) is 0 Å². The molecule has 0 saturated carbocycles. The third kappa shape index (κ3) is 5.26. The highest BCUT2D eigenvalue weighted by Gasteiger charge is 1.98. The zero-order valence-electron chi connectivity index (χ0n) is 9.17. The first-order valence-electron chi connectivity index (χ1n) is 5.13. The Balaban J connectivity index is 2.53. The van der Waals surface area contributed by atoms with E-state index >= 15 is 0 Å². The summed E-state index contributed by atoms with van der Waals surface area (Å²) in [6, 6.07) is 8.43. The Morgan fingerprint density at radius 2 is 2.31 bits per heavy atom. The Labute approximate surface area is 111 Å². The molecule has 0 fully saturated rings. The van der Waals surface area contributed by atoms with E-state index in [1.165, 1.54) is 16.0 Å². The first-order valence-corrected chi connectivity index (χ1v) is 6.93. The number of hydrogen-bond donors (Lipinski definition) is 1. The normalized spacial score (nSPS) is 11.8. The highest BCUT2D eigenvalue weighted by molar-refractivity contribution is 7.99. The van der Waals surface area contributed by atoms with Gasteiger partial charge in [0.2, 0.25) is 0 Å². The van der Waals surface area contributed by atoms with Crippen LogP contribution in [0.2, 0.25) is 0 Å². The molecule has 0 amide bonds. The molecule has 0 aromatic heterocycles. The molecule has 0 atom stereocenters. The maximum absolute atomic E-state index is 5.83. The predicted octanol–water partition coefficient (Wildman–Crippen LogP) is 4.21. The quantitative estimate of drug-likeness (QED) is 0.781. The number of thioether (sulfide) groups is 1. The maximum atomic E-state index is 5.83. The van der Waals surface area contributed by atoms with Gasteiger partial charge in [-0.05, 0) is 24.2 Å². The number of hydrogen-bond acceptors (Lipinski definition) is 2. The molecule has 0 bridgehead atoms. The van der Waals surface area contributed by atoms with Crippen LogP contribution in [0.15, 0.2) is 39.7 Å². The number of benzene rings is 1. The zero-order valence-corrected chi connectivity index (χ0v) is 11.5. The number of rotatable bonds is 6. The average Bonchev–Trinajstić information content (AvgIpc) is 2.34. The van der Waals surface area contributed by atoms with Crippen molar-refractivity contribution in [3.8, 4) is 0 Å². The Morgan fingerprint density at radius 3 is 3.00 bits per heavy atom. The van der Waals surface area contributed by atoms with Crippen molar-refractivity contribution in [3.63, 3.8) is 0 Å². The van der Waals surface area contributed by atoms with E-state index in [4.69, 9.17) is 23.2 Å². The number of nitrogens with one attached hydrogen (secondary N) is 1. The van der Waals surface area contributed by atoms with Gasteiger partial charge in [0, 0.05) is 27.8 Å². The molecule has 0 saturated heterocycles. The van der Waals surface area contributed by atoms with Crippen LogP contribution in [0.1, 0.15) is 12.5 Å². The van der Waals surface area contributed by atoms with Crippen molar-refractivity contribution in [2.75, 3.05) is 12.3 Å². The third-order valence-electron chi connectivity index (χ3n) is 1.97. The minimum Gasteiger partial charge on any atom is -0.313 e. The molecule has 88 valence electrons. The van der Waals surface area contributed by atoms with Crippen LogP contribution in [0.25, 0.3) is 0 Å². The van der Waals surface area contributed by atoms with Gasteiger partial charge in [-0.2, -0.15) is 0 Å². The monoisotopic (exact) mass is 275 g/mol. The summed E-state index contributed by atoms with van der Waals surface area (Å²) in [5.41, 5.74) is 2.70. The molecule has 0 aliphatic rings. The van der Waals surface area contributed by atoms with Gasteiger partial charge < -0.3 is 5.32 Å². The summed E-state index contributed by atoms with van der Waals surface area (Å²) in [6.07, 6.45) is 0. The molecule has 1 aromatic rings. The third-order valence-corrected chi connectivity index (χ3v) is 3.79. The van der Waals surface area contributed by atoms with Gasteiger partial charge in [0.1, 0.15) is 0 Å². The maximum Gasteiger partial charge on any atom is 0.0396 e. The lowest BCUT2D eigenvalue weighted by molar-refractivity contribution is 0.725. The first kappa shape index (κ1) is 13.9. The van der Waals surface area contributed by atoms with Gasteiger partial charge in [-0.15, -0.1) is 11.8 Å². The smallest absolute Gasteiger partial charge is 0.0396 e. The van der Waals surface area contributed by atoms with E-state index in [0.717, 1.165) is 18.8 Å². The van der Waals surface area contributed by atoms with Crippen LogP contribution in [-0.2, 0) is 6.54 Å². The summed E-state index contributed by atoms with van der Waals surface area (Å²) in [4.78, 5) is 1.21. The van der Waals surface area contributed by atoms with Crippen molar-refractivity contribution in [1.82, 2.24) is 5.32 Å². The topological polar surface area (TPSA) is 12.0 Å². The van der Waals surface area contributed by atoms with E-state index < -0.39 is 0 Å². The predicted molar refractivity (Wildman–Crippen MR) is 74.3 cm³/mol. The van der Waals surface area contributed by atoms with Crippen molar-refractivity contribution in [1.29, 1.82) is 0 Å². The summed E-state index contributed by atoms with van der Waals surface area (Å²) in [5, 5.41) is 3.97. The summed E-state index contributed by atoms with van der Waals surface area (Å²) in [6.45, 7) is 3.99. The molecule has 0 aliphatic heterocycles. The Hall–Kier alpha value is -0.150. The van der Waals surface area contributed by atoms with E-state index in [0.29, 0.717) is 5.03 Å². The molecule has 0 heterocycles. The van der Waals surface area contributed by atoms with E-state index in [9.17, 15) is 0 Å². The fourth-order valence-electron chi connectivity index (χ4n) is 1.20. The molecule has 1 rings (SSSR count). The minimum absolute atomic E-state index is 0.670. The van der Waals surface area contributed by atoms with Crippen molar-refractivity contribution in [2.24, 2.45) is 0 Å². The molecule has 0 aliphatic carbocycles. The van der Waals surface area contributed by atoms with Gasteiger partial charge in [0.05, 0.1) is 0 Å². The Bertz CT molecular complexity index is 353. The second kappa shape index (κ2) is 8.02. The molecule has 0 radical (unpaired) electrons. The highest BCUT2D eigenvalue weighted by Crippen LogP contribution is 2.23. The Kier molecular flexibility index (Phi) is 6.97. The van der Waals surface area contributed by atoms with Crippen LogP contribution in [-0.4, -0.2) is 12.3 Å². The summed E-state index contributed by atoms with van der Waals surface area (Å²) in [5.74, 6) is 0.718. The van der Waals surface area contributed by atoms with Gasteiger partial charge in [-0.3, -0.25) is 0 Å². The molecular weight excluding hydrogens is 261 g/mol. The summed E-state index contributed by atoms with van der Waals surface area (Å²) >= 11 is 13.0. The molecule has 0 spiro atoms. The van der Waals surface area contributed by atoms with E-state index in [1.54, 1.807) is 11.8 Å². The molecule has 0 unspecified atom stereocenters. The van der Waals surface area contributed by atoms with Crippen molar-refractivity contribution < 1.29 is 0 Å². The van der Waals surface area contributed by atoms with Crippen molar-refractivity contribution in [2.45, 2.75) is 18.4 Å². The van der Waals surface area contributed by atoms with Crippen molar-refractivity contribution in [3.05, 3.63) is 40.4 Å². The largest absolute Gasteiger partial charge is 0.313 e. The van der Waals surface area contributed by atoms with Gasteiger partial charge in [-0.25, -0.2) is 0 Å². The van der Waals surface area contributed by atoms with E-state index in [-0.39, 0.29) is 0 Å². The van der Waals surface area contributed by atoms with Gasteiger partial charge >= 0.3 is 0 Å². The lowest BCUT2D eigenvalue weighted by Crippen LogP contribution is -2.11. The van der Waals surface area contributed by atoms with Crippen LogP contribution in [0.5, 0.6) is 0 Å². The summed E-state index contributed by atoms with van der Waals surface area (Å²) < 4.78 is 0. The van der Waals surface area contributed by atoms with Crippen LogP contribution >= 0.6 is 35.0 Å². The highest BCUT2D eigenvalue weighted by atomic mass is 35.5. The SMILES string of the molecule is CCNCc1cccc(SCC(Cl)=CCl)c1. The van der Waals surface area contributed by atoms with Gasteiger partial charge in [0.15, 0.2) is 0 Å². The second-order valence-electron chi connectivity index (χ2n) is 3.27. The van der Waals surface area contributed by atoms with Gasteiger partial charge in [-0.1, -0.05) is 42.3 Å². The van der Waals surface area contributed by atoms with Crippen LogP contribution in [0.3, 0.4) is 0 Å². The fraction of sp³-hybridized carbons (Fsp3) is 0.333.